The van der Waals surface area contributed by atoms with Crippen molar-refractivity contribution in [3.63, 3.8) is 0 Å². The molecule has 10 heteroatoms. The van der Waals surface area contributed by atoms with Crippen LogP contribution in [0.3, 0.4) is 0 Å². The molecule has 2 unspecified atom stereocenters. The van der Waals surface area contributed by atoms with Gasteiger partial charge in [0.25, 0.3) is 5.56 Å². The van der Waals surface area contributed by atoms with Crippen LogP contribution in [0.15, 0.2) is 82.5 Å². The quantitative estimate of drug-likeness (QED) is 0.526. The fourth-order valence-electron chi connectivity index (χ4n) is 3.51. The summed E-state index contributed by atoms with van der Waals surface area (Å²) in [5.41, 5.74) is -0.976. The number of rotatable bonds is 6. The third-order valence-electron chi connectivity index (χ3n) is 5.10. The van der Waals surface area contributed by atoms with Crippen LogP contribution in [-0.4, -0.2) is 51.5 Å². The number of aromatic amines is 1. The third-order valence-corrected chi connectivity index (χ3v) is 5.10. The van der Waals surface area contributed by atoms with Gasteiger partial charge in [0.2, 0.25) is 0 Å². The van der Waals surface area contributed by atoms with E-state index in [-0.39, 0.29) is 11.1 Å². The fraction of sp³-hybridized carbons (Fsp3) is 0.217. The number of aliphatic hydroxyl groups excluding tert-OH is 1. The zero-order chi connectivity index (χ0) is 23.4. The number of H-pyrrole nitrogens is 1. The molecular weight excluding hydrogens is 432 g/mol. The van der Waals surface area contributed by atoms with Crippen molar-refractivity contribution < 1.29 is 28.9 Å². The molecule has 1 aromatic heterocycles. The van der Waals surface area contributed by atoms with Gasteiger partial charge in [0.1, 0.15) is 6.10 Å². The number of esters is 2. The van der Waals surface area contributed by atoms with Crippen LogP contribution in [0, 0.1) is 0 Å². The maximum Gasteiger partial charge on any atom is 0.338 e. The Morgan fingerprint density at radius 2 is 1.42 bits per heavy atom. The zero-order valence-electron chi connectivity index (χ0n) is 17.2. The number of carbonyl (C=O) groups is 2. The number of hydrogen-bond donors (Lipinski definition) is 2. The second kappa shape index (κ2) is 9.63. The van der Waals surface area contributed by atoms with Gasteiger partial charge in [0, 0.05) is 12.3 Å². The average molecular weight is 452 g/mol. The highest BCUT2D eigenvalue weighted by Gasteiger charge is 2.50. The summed E-state index contributed by atoms with van der Waals surface area (Å²) < 4.78 is 18.0. The molecule has 0 spiro atoms. The van der Waals surface area contributed by atoms with Gasteiger partial charge in [-0.2, -0.15) is 0 Å². The first-order valence-corrected chi connectivity index (χ1v) is 10.1. The summed E-state index contributed by atoms with van der Waals surface area (Å²) >= 11 is 0. The Kier molecular flexibility index (Phi) is 6.48. The lowest BCUT2D eigenvalue weighted by atomic mass is 10.1. The largest absolute Gasteiger partial charge is 0.452 e. The van der Waals surface area contributed by atoms with Crippen LogP contribution >= 0.6 is 0 Å². The first-order chi connectivity index (χ1) is 16.0. The number of aromatic nitrogens is 2. The van der Waals surface area contributed by atoms with Crippen molar-refractivity contribution in [3.05, 3.63) is 105 Å². The van der Waals surface area contributed by atoms with E-state index in [1.807, 2.05) is 0 Å². The third kappa shape index (κ3) is 4.76. The number of ether oxygens (including phenoxy) is 3. The summed E-state index contributed by atoms with van der Waals surface area (Å²) in [6, 6.07) is 17.3. The van der Waals surface area contributed by atoms with Crippen molar-refractivity contribution in [1.82, 2.24) is 9.55 Å². The molecular formula is C23H20N2O8. The average Bonchev–Trinajstić information content (AvgIpc) is 3.16. The molecule has 1 aliphatic heterocycles. The molecule has 0 saturated carbocycles. The molecule has 1 fully saturated rings. The maximum atomic E-state index is 12.8. The SMILES string of the molecule is O=C(OC1C(OC(=O)c2ccccc2)[C@@H](n2ccc(=O)[nH]c2=O)O[C@H]1CO)c1ccccc1. The Labute approximate surface area is 187 Å². The van der Waals surface area contributed by atoms with Crippen LogP contribution in [-0.2, 0) is 14.2 Å². The van der Waals surface area contributed by atoms with Crippen molar-refractivity contribution in [1.29, 1.82) is 0 Å². The van der Waals surface area contributed by atoms with Crippen LogP contribution in [0.5, 0.6) is 0 Å². The van der Waals surface area contributed by atoms with Crippen LogP contribution < -0.4 is 11.2 Å². The molecule has 1 aliphatic rings. The van der Waals surface area contributed by atoms with Crippen molar-refractivity contribution in [3.8, 4) is 0 Å². The highest BCUT2D eigenvalue weighted by molar-refractivity contribution is 5.90. The van der Waals surface area contributed by atoms with Crippen molar-refractivity contribution in [2.45, 2.75) is 24.5 Å². The Bertz CT molecular complexity index is 1240. The van der Waals surface area contributed by atoms with Gasteiger partial charge in [-0.05, 0) is 24.3 Å². The summed E-state index contributed by atoms with van der Waals surface area (Å²) in [4.78, 5) is 51.5. The molecule has 0 aliphatic carbocycles. The first-order valence-electron chi connectivity index (χ1n) is 10.1. The van der Waals surface area contributed by atoms with E-state index in [0.717, 1.165) is 10.6 Å². The monoisotopic (exact) mass is 452 g/mol. The molecule has 2 aromatic carbocycles. The van der Waals surface area contributed by atoms with E-state index < -0.39 is 54.3 Å². The van der Waals surface area contributed by atoms with Crippen molar-refractivity contribution >= 4 is 11.9 Å². The normalized spacial score (nSPS) is 22.0. The Balaban J connectivity index is 1.70. The lowest BCUT2D eigenvalue weighted by molar-refractivity contribution is -0.0604. The Morgan fingerprint density at radius 1 is 0.879 bits per heavy atom. The van der Waals surface area contributed by atoms with E-state index in [1.54, 1.807) is 48.5 Å². The van der Waals surface area contributed by atoms with Crippen LogP contribution in [0.1, 0.15) is 26.9 Å². The van der Waals surface area contributed by atoms with Crippen LogP contribution in [0.4, 0.5) is 0 Å². The van der Waals surface area contributed by atoms with Gasteiger partial charge < -0.3 is 19.3 Å². The molecule has 0 radical (unpaired) electrons. The van der Waals surface area contributed by atoms with Gasteiger partial charge in [0.05, 0.1) is 17.7 Å². The number of hydrogen-bond acceptors (Lipinski definition) is 8. The van der Waals surface area contributed by atoms with E-state index in [9.17, 15) is 24.3 Å². The molecule has 170 valence electrons. The summed E-state index contributed by atoms with van der Waals surface area (Å²) in [7, 11) is 0. The van der Waals surface area contributed by atoms with E-state index >= 15 is 0 Å². The summed E-state index contributed by atoms with van der Waals surface area (Å²) in [5.74, 6) is -1.47. The smallest absolute Gasteiger partial charge is 0.338 e. The van der Waals surface area contributed by atoms with Gasteiger partial charge in [-0.1, -0.05) is 36.4 Å². The van der Waals surface area contributed by atoms with Gasteiger partial charge in [0.15, 0.2) is 18.4 Å². The molecule has 3 aromatic rings. The van der Waals surface area contributed by atoms with E-state index in [4.69, 9.17) is 14.2 Å². The second-order valence-corrected chi connectivity index (χ2v) is 7.24. The molecule has 33 heavy (non-hydrogen) atoms. The van der Waals surface area contributed by atoms with E-state index in [2.05, 4.69) is 4.98 Å². The first kappa shape index (κ1) is 22.2. The molecule has 4 rings (SSSR count). The zero-order valence-corrected chi connectivity index (χ0v) is 17.2. The maximum absolute atomic E-state index is 12.8. The highest BCUT2D eigenvalue weighted by Crippen LogP contribution is 2.34. The second-order valence-electron chi connectivity index (χ2n) is 7.24. The molecule has 2 heterocycles. The predicted molar refractivity (Wildman–Crippen MR) is 114 cm³/mol. The molecule has 0 bridgehead atoms. The van der Waals surface area contributed by atoms with Crippen molar-refractivity contribution in [2.24, 2.45) is 0 Å². The number of nitrogens with zero attached hydrogens (tertiary/aromatic N) is 1. The lowest BCUT2D eigenvalue weighted by Gasteiger charge is -2.24. The summed E-state index contributed by atoms with van der Waals surface area (Å²) in [6.07, 6.45) is -3.74. The van der Waals surface area contributed by atoms with Crippen molar-refractivity contribution in [2.75, 3.05) is 6.61 Å². The summed E-state index contributed by atoms with van der Waals surface area (Å²) in [5, 5.41) is 9.86. The molecule has 4 atom stereocenters. The number of carbonyl (C=O) groups excluding carboxylic acids is 2. The Morgan fingerprint density at radius 3 is 1.94 bits per heavy atom. The molecule has 10 nitrogen and oxygen atoms in total. The summed E-state index contributed by atoms with van der Waals surface area (Å²) in [6.45, 7) is -0.583. The van der Waals surface area contributed by atoms with Crippen LogP contribution in [0.25, 0.3) is 0 Å². The van der Waals surface area contributed by atoms with Gasteiger partial charge in [-0.15, -0.1) is 0 Å². The minimum absolute atomic E-state index is 0.227. The minimum Gasteiger partial charge on any atom is -0.452 e. The fourth-order valence-corrected chi connectivity index (χ4v) is 3.51. The molecule has 0 amide bonds. The van der Waals surface area contributed by atoms with E-state index in [0.29, 0.717) is 0 Å². The van der Waals surface area contributed by atoms with Gasteiger partial charge in [-0.3, -0.25) is 14.3 Å². The number of aliphatic hydroxyl groups is 1. The number of benzene rings is 2. The number of nitrogens with one attached hydrogen (secondary N) is 1. The molecule has 1 saturated heterocycles. The van der Waals surface area contributed by atoms with Gasteiger partial charge in [-0.25, -0.2) is 14.4 Å². The highest BCUT2D eigenvalue weighted by atomic mass is 16.6. The topological polar surface area (TPSA) is 137 Å². The standard InChI is InChI=1S/C23H20N2O8/c26-13-16-18(32-21(28)14-7-3-1-4-8-14)19(33-22(29)15-9-5-2-6-10-15)20(31-16)25-12-11-17(27)24-23(25)30/h1-12,16,18-20,26H,13H2,(H,24,27,30)/t16-,18?,19?,20-/m0/s1. The Hall–Kier alpha value is -4.02. The van der Waals surface area contributed by atoms with Crippen LogP contribution in [0.2, 0.25) is 0 Å². The molecule has 2 N–H and O–H groups in total. The van der Waals surface area contributed by atoms with Gasteiger partial charge >= 0.3 is 17.6 Å². The van der Waals surface area contributed by atoms with E-state index in [1.165, 1.54) is 18.3 Å². The minimum atomic E-state index is -1.30. The lowest BCUT2D eigenvalue weighted by Crippen LogP contribution is -2.42. The predicted octanol–water partition coefficient (Wildman–Crippen LogP) is 0.877.